The first-order valence-electron chi connectivity index (χ1n) is 10.1. The van der Waals surface area contributed by atoms with Crippen LogP contribution < -0.4 is 14.8 Å². The van der Waals surface area contributed by atoms with Gasteiger partial charge in [-0.25, -0.2) is 0 Å². The molecule has 0 saturated carbocycles. The van der Waals surface area contributed by atoms with Gasteiger partial charge in [0.1, 0.15) is 0 Å². The van der Waals surface area contributed by atoms with Crippen molar-refractivity contribution in [3.05, 3.63) is 90.0 Å². The van der Waals surface area contributed by atoms with Crippen LogP contribution in [-0.4, -0.2) is 14.2 Å². The molecule has 0 fully saturated rings. The summed E-state index contributed by atoms with van der Waals surface area (Å²) < 4.78 is 11.3. The number of methoxy groups -OCH3 is 2. The zero-order valence-corrected chi connectivity index (χ0v) is 16.8. The maximum atomic E-state index is 5.75. The third kappa shape index (κ3) is 2.98. The van der Waals surface area contributed by atoms with Crippen LogP contribution in [0.4, 0.5) is 5.69 Å². The fraction of sp³-hybridized carbons (Fsp3) is 0.231. The number of nitrogens with one attached hydrogen (secondary N) is 1. The molecular formula is C26H25NO2. The van der Waals surface area contributed by atoms with Gasteiger partial charge in [0.25, 0.3) is 0 Å². The average Bonchev–Trinajstić information content (AvgIpc) is 3.28. The minimum Gasteiger partial charge on any atom is -0.493 e. The maximum absolute atomic E-state index is 5.75. The van der Waals surface area contributed by atoms with Crippen molar-refractivity contribution in [3.8, 4) is 22.6 Å². The second-order valence-electron chi connectivity index (χ2n) is 7.73. The van der Waals surface area contributed by atoms with Crippen molar-refractivity contribution in [1.29, 1.82) is 0 Å². The summed E-state index contributed by atoms with van der Waals surface area (Å²) in [5, 5.41) is 3.81. The lowest BCUT2D eigenvalue weighted by molar-refractivity contribution is 0.341. The Morgan fingerprint density at radius 1 is 0.828 bits per heavy atom. The van der Waals surface area contributed by atoms with Crippen molar-refractivity contribution in [2.45, 2.75) is 18.4 Å². The lowest BCUT2D eigenvalue weighted by atomic mass is 9.76. The molecule has 3 heteroatoms. The lowest BCUT2D eigenvalue weighted by Gasteiger charge is -2.38. The monoisotopic (exact) mass is 383 g/mol. The molecule has 3 aromatic rings. The normalized spacial score (nSPS) is 21.8. The average molecular weight is 383 g/mol. The van der Waals surface area contributed by atoms with Crippen molar-refractivity contribution >= 4 is 5.69 Å². The largest absolute Gasteiger partial charge is 0.493 e. The summed E-state index contributed by atoms with van der Waals surface area (Å²) in [4.78, 5) is 0. The Kier molecular flexibility index (Phi) is 4.51. The number of benzene rings is 3. The summed E-state index contributed by atoms with van der Waals surface area (Å²) >= 11 is 0. The lowest BCUT2D eigenvalue weighted by Crippen LogP contribution is -2.29. The van der Waals surface area contributed by atoms with E-state index in [1.54, 1.807) is 14.2 Å². The highest BCUT2D eigenvalue weighted by molar-refractivity contribution is 5.71. The van der Waals surface area contributed by atoms with E-state index in [9.17, 15) is 0 Å². The van der Waals surface area contributed by atoms with E-state index in [2.05, 4.69) is 72.1 Å². The summed E-state index contributed by atoms with van der Waals surface area (Å²) in [6.45, 7) is 0. The Labute approximate surface area is 172 Å². The van der Waals surface area contributed by atoms with Gasteiger partial charge in [-0.15, -0.1) is 0 Å². The molecule has 3 aromatic carbocycles. The summed E-state index contributed by atoms with van der Waals surface area (Å²) in [5.74, 6) is 2.45. The highest BCUT2D eigenvalue weighted by atomic mass is 16.5. The predicted molar refractivity (Wildman–Crippen MR) is 118 cm³/mol. The molecule has 3 nitrogen and oxygen atoms in total. The van der Waals surface area contributed by atoms with Gasteiger partial charge in [0.05, 0.1) is 20.3 Å². The van der Waals surface area contributed by atoms with E-state index in [0.29, 0.717) is 11.8 Å². The standard InChI is InChI=1S/C26H25NO2/c1-28-24-13-7-12-21(26(24)29-2)25-20-11-6-10-19(20)22-16-18(14-15-23(22)27-25)17-8-4-3-5-9-17/h3-10,12-16,19-20,25,27H,11H2,1-2H3/t19-,20+,25-/m1/s1. The van der Waals surface area contributed by atoms with Crippen LogP contribution in [-0.2, 0) is 0 Å². The van der Waals surface area contributed by atoms with Crippen LogP contribution in [0.15, 0.2) is 78.9 Å². The van der Waals surface area contributed by atoms with Crippen molar-refractivity contribution in [1.82, 2.24) is 0 Å². The van der Waals surface area contributed by atoms with E-state index >= 15 is 0 Å². The number of hydrogen-bond donors (Lipinski definition) is 1. The van der Waals surface area contributed by atoms with Gasteiger partial charge in [-0.05, 0) is 47.2 Å². The fourth-order valence-corrected chi connectivity index (χ4v) is 4.87. The zero-order chi connectivity index (χ0) is 19.8. The third-order valence-electron chi connectivity index (χ3n) is 6.24. The van der Waals surface area contributed by atoms with Gasteiger partial charge in [0.2, 0.25) is 0 Å². The van der Waals surface area contributed by atoms with Crippen molar-refractivity contribution in [3.63, 3.8) is 0 Å². The van der Waals surface area contributed by atoms with Crippen LogP contribution in [0.3, 0.4) is 0 Å². The van der Waals surface area contributed by atoms with Crippen LogP contribution >= 0.6 is 0 Å². The molecule has 0 aromatic heterocycles. The molecule has 1 aliphatic carbocycles. The van der Waals surface area contributed by atoms with Gasteiger partial charge in [-0.3, -0.25) is 0 Å². The number of anilines is 1. The van der Waals surface area contributed by atoms with Crippen molar-refractivity contribution in [2.24, 2.45) is 5.92 Å². The van der Waals surface area contributed by atoms with E-state index in [1.807, 2.05) is 12.1 Å². The SMILES string of the molecule is COc1cccc([C@@H]2Nc3ccc(-c4ccccc4)cc3[C@@H]3C=CC[C@@H]32)c1OC. The van der Waals surface area contributed by atoms with E-state index in [0.717, 1.165) is 23.5 Å². The summed E-state index contributed by atoms with van der Waals surface area (Å²) in [5.41, 5.74) is 6.26. The minimum atomic E-state index is 0.176. The van der Waals surface area contributed by atoms with Gasteiger partial charge in [-0.1, -0.05) is 60.7 Å². The second kappa shape index (κ2) is 7.32. The summed E-state index contributed by atoms with van der Waals surface area (Å²) in [6.07, 6.45) is 5.75. The number of allylic oxidation sites excluding steroid dienone is 2. The van der Waals surface area contributed by atoms with E-state index in [-0.39, 0.29) is 6.04 Å². The van der Waals surface area contributed by atoms with E-state index in [4.69, 9.17) is 9.47 Å². The molecule has 3 atom stereocenters. The molecule has 146 valence electrons. The molecule has 0 amide bonds. The minimum absolute atomic E-state index is 0.176. The first kappa shape index (κ1) is 17.9. The quantitative estimate of drug-likeness (QED) is 0.544. The van der Waals surface area contributed by atoms with Crippen LogP contribution in [0.25, 0.3) is 11.1 Å². The van der Waals surface area contributed by atoms with Gasteiger partial charge in [0, 0.05) is 17.2 Å². The fourth-order valence-electron chi connectivity index (χ4n) is 4.87. The van der Waals surface area contributed by atoms with E-state index in [1.165, 1.54) is 22.4 Å². The first-order chi connectivity index (χ1) is 14.3. The van der Waals surface area contributed by atoms with Crippen LogP contribution in [0, 0.1) is 5.92 Å². The zero-order valence-electron chi connectivity index (χ0n) is 16.8. The molecule has 1 aliphatic heterocycles. The van der Waals surface area contributed by atoms with Crippen molar-refractivity contribution < 1.29 is 9.47 Å². The number of hydrogen-bond acceptors (Lipinski definition) is 3. The Morgan fingerprint density at radius 3 is 2.48 bits per heavy atom. The van der Waals surface area contributed by atoms with Crippen LogP contribution in [0.5, 0.6) is 11.5 Å². The molecule has 29 heavy (non-hydrogen) atoms. The Morgan fingerprint density at radius 2 is 1.69 bits per heavy atom. The van der Waals surface area contributed by atoms with Crippen LogP contribution in [0.2, 0.25) is 0 Å². The Balaban J connectivity index is 1.58. The molecule has 1 heterocycles. The predicted octanol–water partition coefficient (Wildman–Crippen LogP) is 6.20. The van der Waals surface area contributed by atoms with E-state index < -0.39 is 0 Å². The highest BCUT2D eigenvalue weighted by Gasteiger charge is 2.39. The maximum Gasteiger partial charge on any atom is 0.165 e. The highest BCUT2D eigenvalue weighted by Crippen LogP contribution is 2.52. The summed E-state index contributed by atoms with van der Waals surface area (Å²) in [7, 11) is 3.41. The van der Waals surface area contributed by atoms with Gasteiger partial charge >= 0.3 is 0 Å². The number of rotatable bonds is 4. The molecule has 0 saturated heterocycles. The first-order valence-corrected chi connectivity index (χ1v) is 10.1. The Hall–Kier alpha value is -3.20. The molecule has 2 aliphatic rings. The van der Waals surface area contributed by atoms with Crippen LogP contribution in [0.1, 0.15) is 29.5 Å². The molecular weight excluding hydrogens is 358 g/mol. The number of fused-ring (bicyclic) bond motifs is 3. The van der Waals surface area contributed by atoms with Gasteiger partial charge in [0.15, 0.2) is 11.5 Å². The topological polar surface area (TPSA) is 30.5 Å². The third-order valence-corrected chi connectivity index (χ3v) is 6.24. The molecule has 0 radical (unpaired) electrons. The van der Waals surface area contributed by atoms with Crippen molar-refractivity contribution in [2.75, 3.05) is 19.5 Å². The second-order valence-corrected chi connectivity index (χ2v) is 7.73. The van der Waals surface area contributed by atoms with Gasteiger partial charge < -0.3 is 14.8 Å². The molecule has 0 unspecified atom stereocenters. The Bertz CT molecular complexity index is 1060. The molecule has 5 rings (SSSR count). The molecule has 0 bridgehead atoms. The van der Waals surface area contributed by atoms with Gasteiger partial charge in [-0.2, -0.15) is 0 Å². The smallest absolute Gasteiger partial charge is 0.165 e. The molecule has 1 N–H and O–H groups in total. The molecule has 0 spiro atoms. The number of ether oxygens (including phenoxy) is 2. The summed E-state index contributed by atoms with van der Waals surface area (Å²) in [6, 6.07) is 23.7. The number of para-hydroxylation sites is 1.